The van der Waals surface area contributed by atoms with Gasteiger partial charge in [0.25, 0.3) is 0 Å². The van der Waals surface area contributed by atoms with Gasteiger partial charge in [0.15, 0.2) is 0 Å². The summed E-state index contributed by atoms with van der Waals surface area (Å²) in [6, 6.07) is 2.11. The monoisotopic (exact) mass is 260 g/mol. The molecule has 0 aromatic carbocycles. The number of thiophene rings is 1. The molecule has 84 valence electrons. The Morgan fingerprint density at radius 1 is 1.47 bits per heavy atom. The summed E-state index contributed by atoms with van der Waals surface area (Å²) >= 11 is 5.63. The fourth-order valence-electron chi connectivity index (χ4n) is 1.84. The van der Waals surface area contributed by atoms with Gasteiger partial charge in [-0.05, 0) is 22.4 Å². The first-order valence-corrected chi connectivity index (χ1v) is 8.24. The first kappa shape index (κ1) is 11.8. The first-order chi connectivity index (χ1) is 7.27. The molecule has 1 aromatic rings. The van der Waals surface area contributed by atoms with Crippen LogP contribution < -0.4 is 0 Å². The Morgan fingerprint density at radius 3 is 2.93 bits per heavy atom. The molecule has 1 aliphatic rings. The molecule has 0 radical (unpaired) electrons. The Kier molecular flexibility index (Phi) is 4.43. The highest BCUT2D eigenvalue weighted by Crippen LogP contribution is 2.34. The molecule has 3 unspecified atom stereocenters. The molecule has 1 N–H and O–H groups in total. The van der Waals surface area contributed by atoms with Gasteiger partial charge >= 0.3 is 0 Å². The van der Waals surface area contributed by atoms with Crippen molar-refractivity contribution in [3.05, 3.63) is 22.4 Å². The fraction of sp³-hybridized carbons (Fsp3) is 0.636. The molecule has 4 heteroatoms. The number of hydrogen-bond acceptors (Lipinski definition) is 4. The Hall–Kier alpha value is 0.360. The number of hydrogen-bond donors (Lipinski definition) is 1. The fourth-order valence-corrected chi connectivity index (χ4v) is 5.37. The lowest BCUT2D eigenvalue weighted by Crippen LogP contribution is -2.35. The van der Waals surface area contributed by atoms with Crippen molar-refractivity contribution in [3.63, 3.8) is 0 Å². The molecule has 2 rings (SSSR count). The molecule has 1 nitrogen and oxygen atoms in total. The maximum atomic E-state index is 10.2. The van der Waals surface area contributed by atoms with E-state index in [4.69, 9.17) is 0 Å². The lowest BCUT2D eigenvalue weighted by molar-refractivity contribution is 0.171. The van der Waals surface area contributed by atoms with E-state index in [1.54, 1.807) is 11.3 Å². The SMILES string of the molecule is CC1SCCSC1C(O)Cc1ccsc1. The van der Waals surface area contributed by atoms with Crippen LogP contribution in [-0.2, 0) is 6.42 Å². The third kappa shape index (κ3) is 3.16. The summed E-state index contributed by atoms with van der Waals surface area (Å²) in [6.45, 7) is 2.23. The van der Waals surface area contributed by atoms with Crippen LogP contribution in [0, 0.1) is 0 Å². The van der Waals surface area contributed by atoms with E-state index in [1.807, 2.05) is 23.5 Å². The second-order valence-electron chi connectivity index (χ2n) is 3.81. The topological polar surface area (TPSA) is 20.2 Å². The zero-order valence-electron chi connectivity index (χ0n) is 8.76. The quantitative estimate of drug-likeness (QED) is 0.902. The molecule has 3 atom stereocenters. The Labute approximate surface area is 104 Å². The molecule has 0 bridgehead atoms. The second-order valence-corrected chi connectivity index (χ2v) is 7.37. The van der Waals surface area contributed by atoms with E-state index in [-0.39, 0.29) is 6.10 Å². The molecule has 1 saturated heterocycles. The van der Waals surface area contributed by atoms with E-state index in [2.05, 4.69) is 23.8 Å². The van der Waals surface area contributed by atoms with E-state index >= 15 is 0 Å². The van der Waals surface area contributed by atoms with Gasteiger partial charge in [-0.3, -0.25) is 0 Å². The lowest BCUT2D eigenvalue weighted by atomic mass is 10.1. The van der Waals surface area contributed by atoms with Crippen LogP contribution in [0.25, 0.3) is 0 Å². The summed E-state index contributed by atoms with van der Waals surface area (Å²) in [5.41, 5.74) is 1.27. The Balaban J connectivity index is 1.91. The van der Waals surface area contributed by atoms with E-state index < -0.39 is 0 Å². The first-order valence-electron chi connectivity index (χ1n) is 5.19. The van der Waals surface area contributed by atoms with Crippen LogP contribution >= 0.6 is 34.9 Å². The van der Waals surface area contributed by atoms with Crippen molar-refractivity contribution in [2.24, 2.45) is 0 Å². The maximum Gasteiger partial charge on any atom is 0.0709 e. The normalized spacial score (nSPS) is 28.9. The molecule has 2 heterocycles. The number of rotatable bonds is 3. The highest BCUT2D eigenvalue weighted by atomic mass is 32.2. The van der Waals surface area contributed by atoms with Gasteiger partial charge in [-0.2, -0.15) is 34.9 Å². The van der Waals surface area contributed by atoms with Gasteiger partial charge in [-0.1, -0.05) is 6.92 Å². The molecule has 1 aliphatic heterocycles. The van der Waals surface area contributed by atoms with Crippen LogP contribution in [0.1, 0.15) is 12.5 Å². The largest absolute Gasteiger partial charge is 0.392 e. The van der Waals surface area contributed by atoms with Crippen LogP contribution in [0.15, 0.2) is 16.8 Å². The highest BCUT2D eigenvalue weighted by molar-refractivity contribution is 8.07. The van der Waals surface area contributed by atoms with Gasteiger partial charge in [-0.15, -0.1) is 0 Å². The average Bonchev–Trinajstić information content (AvgIpc) is 2.71. The van der Waals surface area contributed by atoms with Gasteiger partial charge in [0, 0.05) is 28.4 Å². The summed E-state index contributed by atoms with van der Waals surface area (Å²) in [6.07, 6.45) is 0.624. The molecule has 0 amide bonds. The molecule has 1 fully saturated rings. The van der Waals surface area contributed by atoms with Crippen molar-refractivity contribution in [3.8, 4) is 0 Å². The van der Waals surface area contributed by atoms with Crippen LogP contribution in [0.4, 0.5) is 0 Å². The van der Waals surface area contributed by atoms with Gasteiger partial charge in [-0.25, -0.2) is 0 Å². The van der Waals surface area contributed by atoms with E-state index in [0.717, 1.165) is 6.42 Å². The number of aliphatic hydroxyl groups is 1. The van der Waals surface area contributed by atoms with E-state index in [1.165, 1.54) is 17.1 Å². The van der Waals surface area contributed by atoms with Gasteiger partial charge in [0.1, 0.15) is 0 Å². The highest BCUT2D eigenvalue weighted by Gasteiger charge is 2.29. The molecule has 15 heavy (non-hydrogen) atoms. The van der Waals surface area contributed by atoms with Crippen molar-refractivity contribution in [1.82, 2.24) is 0 Å². The van der Waals surface area contributed by atoms with Crippen molar-refractivity contribution in [2.75, 3.05) is 11.5 Å². The van der Waals surface area contributed by atoms with E-state index in [9.17, 15) is 5.11 Å². The zero-order chi connectivity index (χ0) is 10.7. The van der Waals surface area contributed by atoms with Crippen molar-refractivity contribution < 1.29 is 5.11 Å². The van der Waals surface area contributed by atoms with Crippen LogP contribution in [0.5, 0.6) is 0 Å². The van der Waals surface area contributed by atoms with Crippen molar-refractivity contribution in [1.29, 1.82) is 0 Å². The third-order valence-electron chi connectivity index (χ3n) is 2.64. The minimum Gasteiger partial charge on any atom is -0.392 e. The predicted molar refractivity (Wildman–Crippen MR) is 72.2 cm³/mol. The minimum absolute atomic E-state index is 0.188. The van der Waals surface area contributed by atoms with Crippen LogP contribution in [-0.4, -0.2) is 33.2 Å². The molecule has 1 aromatic heterocycles. The van der Waals surface area contributed by atoms with Gasteiger partial charge in [0.2, 0.25) is 0 Å². The molecule has 0 aliphatic carbocycles. The maximum absolute atomic E-state index is 10.2. The van der Waals surface area contributed by atoms with Gasteiger partial charge in [0.05, 0.1) is 6.10 Å². The number of aliphatic hydroxyl groups excluding tert-OH is 1. The Morgan fingerprint density at radius 2 is 2.27 bits per heavy atom. The Bertz CT molecular complexity index is 286. The van der Waals surface area contributed by atoms with Crippen molar-refractivity contribution in [2.45, 2.75) is 29.9 Å². The second kappa shape index (κ2) is 5.62. The standard InChI is InChI=1S/C11H16OS3/c1-8-11(15-5-4-14-8)10(12)6-9-2-3-13-7-9/h2-3,7-8,10-12H,4-6H2,1H3. The predicted octanol–water partition coefficient (Wildman–Crippen LogP) is 2.89. The minimum atomic E-state index is -0.188. The summed E-state index contributed by atoms with van der Waals surface area (Å²) in [5.74, 6) is 2.41. The summed E-state index contributed by atoms with van der Waals surface area (Å²) in [7, 11) is 0. The zero-order valence-corrected chi connectivity index (χ0v) is 11.2. The smallest absolute Gasteiger partial charge is 0.0709 e. The summed E-state index contributed by atoms with van der Waals surface area (Å²) < 4.78 is 0. The molecular weight excluding hydrogens is 244 g/mol. The lowest BCUT2D eigenvalue weighted by Gasteiger charge is -2.31. The third-order valence-corrected chi connectivity index (χ3v) is 6.61. The summed E-state index contributed by atoms with van der Waals surface area (Å²) in [4.78, 5) is 0. The molecule has 0 saturated carbocycles. The molecular formula is C11H16OS3. The van der Waals surface area contributed by atoms with Crippen LogP contribution in [0.3, 0.4) is 0 Å². The summed E-state index contributed by atoms with van der Waals surface area (Å²) in [5, 5.41) is 15.4. The number of thioether (sulfide) groups is 2. The molecule has 0 spiro atoms. The van der Waals surface area contributed by atoms with E-state index in [0.29, 0.717) is 10.5 Å². The average molecular weight is 260 g/mol. The van der Waals surface area contributed by atoms with Gasteiger partial charge < -0.3 is 5.11 Å². The van der Waals surface area contributed by atoms with Crippen LogP contribution in [0.2, 0.25) is 0 Å². The van der Waals surface area contributed by atoms with Crippen molar-refractivity contribution >= 4 is 34.9 Å².